The van der Waals surface area contributed by atoms with Crippen molar-refractivity contribution in [2.24, 2.45) is 0 Å². The summed E-state index contributed by atoms with van der Waals surface area (Å²) < 4.78 is 5.20. The maximum atomic E-state index is 11.7. The first kappa shape index (κ1) is 14.2. The van der Waals surface area contributed by atoms with Crippen LogP contribution in [-0.2, 0) is 11.2 Å². The number of hydrogen-bond donors (Lipinski definition) is 0. The van der Waals surface area contributed by atoms with Crippen molar-refractivity contribution in [2.45, 2.75) is 12.8 Å². The van der Waals surface area contributed by atoms with Gasteiger partial charge in [-0.05, 0) is 6.42 Å². The van der Waals surface area contributed by atoms with E-state index in [1.165, 1.54) is 9.80 Å². The topological polar surface area (TPSA) is 79.5 Å². The molecule has 1 aromatic carbocycles. The molecule has 0 N–H and O–H groups in total. The number of rotatable bonds is 5. The summed E-state index contributed by atoms with van der Waals surface area (Å²) in [4.78, 5) is 30.4. The molecule has 0 saturated carbocycles. The van der Waals surface area contributed by atoms with Gasteiger partial charge in [-0.1, -0.05) is 35.5 Å². The maximum absolute atomic E-state index is 11.7. The lowest BCUT2D eigenvalue weighted by Crippen LogP contribution is -2.32. The van der Waals surface area contributed by atoms with Gasteiger partial charge in [0.1, 0.15) is 6.54 Å². The molecule has 1 aromatic heterocycles. The van der Waals surface area contributed by atoms with Crippen molar-refractivity contribution in [2.75, 3.05) is 20.1 Å². The standard InChI is InChI=1S/C15H16N4O3/c1-18-10-13(20)19(15(18)21)9-5-8-12-16-14(17-22-12)11-6-3-2-4-7-11/h2-4,6-7H,5,8-10H2,1H3. The number of carbonyl (C=O) groups excluding carboxylic acids is 2. The summed E-state index contributed by atoms with van der Waals surface area (Å²) in [7, 11) is 1.62. The highest BCUT2D eigenvalue weighted by Gasteiger charge is 2.32. The first-order valence-corrected chi connectivity index (χ1v) is 7.08. The third kappa shape index (κ3) is 2.83. The molecular formula is C15H16N4O3. The molecule has 0 unspecified atom stereocenters. The summed E-state index contributed by atoms with van der Waals surface area (Å²) in [5.41, 5.74) is 0.893. The van der Waals surface area contributed by atoms with E-state index in [2.05, 4.69) is 10.1 Å². The van der Waals surface area contributed by atoms with Crippen molar-refractivity contribution in [1.29, 1.82) is 0 Å². The second-order valence-electron chi connectivity index (χ2n) is 5.17. The zero-order valence-corrected chi connectivity index (χ0v) is 12.2. The molecule has 7 heteroatoms. The fourth-order valence-electron chi connectivity index (χ4n) is 2.34. The summed E-state index contributed by atoms with van der Waals surface area (Å²) in [5, 5.41) is 3.94. The zero-order valence-electron chi connectivity index (χ0n) is 12.2. The second-order valence-corrected chi connectivity index (χ2v) is 5.17. The molecule has 0 bridgehead atoms. The Morgan fingerprint density at radius 1 is 1.23 bits per heavy atom. The van der Waals surface area contributed by atoms with Gasteiger partial charge in [0.2, 0.25) is 17.6 Å². The Morgan fingerprint density at radius 3 is 2.68 bits per heavy atom. The normalized spacial score (nSPS) is 15.0. The van der Waals surface area contributed by atoms with Gasteiger partial charge in [-0.25, -0.2) is 4.79 Å². The van der Waals surface area contributed by atoms with E-state index in [1.54, 1.807) is 7.05 Å². The number of benzene rings is 1. The molecule has 22 heavy (non-hydrogen) atoms. The highest BCUT2D eigenvalue weighted by atomic mass is 16.5. The van der Waals surface area contributed by atoms with E-state index >= 15 is 0 Å². The number of carbonyl (C=O) groups is 2. The molecule has 0 radical (unpaired) electrons. The van der Waals surface area contributed by atoms with E-state index in [0.717, 1.165) is 5.56 Å². The summed E-state index contributed by atoms with van der Waals surface area (Å²) >= 11 is 0. The molecule has 1 saturated heterocycles. The number of nitrogens with zero attached hydrogens (tertiary/aromatic N) is 4. The van der Waals surface area contributed by atoms with E-state index in [0.29, 0.717) is 31.1 Å². The Hall–Kier alpha value is -2.70. The van der Waals surface area contributed by atoms with Gasteiger partial charge in [0.05, 0.1) is 0 Å². The molecule has 0 spiro atoms. The predicted octanol–water partition coefficient (Wildman–Crippen LogP) is 1.56. The van der Waals surface area contributed by atoms with Gasteiger partial charge < -0.3 is 9.42 Å². The lowest BCUT2D eigenvalue weighted by Gasteiger charge is -2.12. The average molecular weight is 300 g/mol. The minimum absolute atomic E-state index is 0.150. The van der Waals surface area contributed by atoms with Crippen molar-refractivity contribution in [3.05, 3.63) is 36.2 Å². The Bertz CT molecular complexity index is 683. The van der Waals surface area contributed by atoms with Gasteiger partial charge in [0.15, 0.2) is 0 Å². The first-order chi connectivity index (χ1) is 10.6. The predicted molar refractivity (Wildman–Crippen MR) is 77.8 cm³/mol. The van der Waals surface area contributed by atoms with E-state index in [4.69, 9.17) is 4.52 Å². The van der Waals surface area contributed by atoms with Crippen molar-refractivity contribution in [3.8, 4) is 11.4 Å². The molecule has 3 amide bonds. The van der Waals surface area contributed by atoms with Crippen LogP contribution >= 0.6 is 0 Å². The molecule has 114 valence electrons. The van der Waals surface area contributed by atoms with Crippen molar-refractivity contribution in [3.63, 3.8) is 0 Å². The molecular weight excluding hydrogens is 284 g/mol. The number of urea groups is 1. The van der Waals surface area contributed by atoms with Crippen LogP contribution in [0, 0.1) is 0 Å². The van der Waals surface area contributed by atoms with Crippen LogP contribution in [0.4, 0.5) is 4.79 Å². The Labute approximate surface area is 127 Å². The molecule has 1 aliphatic rings. The Balaban J connectivity index is 1.56. The monoisotopic (exact) mass is 300 g/mol. The van der Waals surface area contributed by atoms with Gasteiger partial charge >= 0.3 is 6.03 Å². The summed E-state index contributed by atoms with van der Waals surface area (Å²) in [6.07, 6.45) is 1.13. The summed E-state index contributed by atoms with van der Waals surface area (Å²) in [5.74, 6) is 0.887. The minimum atomic E-state index is -0.250. The second kappa shape index (κ2) is 5.97. The van der Waals surface area contributed by atoms with E-state index < -0.39 is 0 Å². The summed E-state index contributed by atoms with van der Waals surface area (Å²) in [6, 6.07) is 9.31. The van der Waals surface area contributed by atoms with Crippen molar-refractivity contribution in [1.82, 2.24) is 19.9 Å². The van der Waals surface area contributed by atoms with Gasteiger partial charge in [-0.2, -0.15) is 4.98 Å². The van der Waals surface area contributed by atoms with Crippen LogP contribution < -0.4 is 0 Å². The molecule has 3 rings (SSSR count). The first-order valence-electron chi connectivity index (χ1n) is 7.08. The van der Waals surface area contributed by atoms with E-state index in [9.17, 15) is 9.59 Å². The quantitative estimate of drug-likeness (QED) is 0.783. The van der Waals surface area contributed by atoms with Gasteiger partial charge in [-0.15, -0.1) is 0 Å². The molecule has 2 aromatic rings. The molecule has 1 fully saturated rings. The van der Waals surface area contributed by atoms with Crippen LogP contribution in [0.1, 0.15) is 12.3 Å². The van der Waals surface area contributed by atoms with Crippen LogP contribution in [0.15, 0.2) is 34.9 Å². The highest BCUT2D eigenvalue weighted by molar-refractivity contribution is 6.01. The average Bonchev–Trinajstić information content (AvgIpc) is 3.08. The van der Waals surface area contributed by atoms with Crippen LogP contribution in [0.5, 0.6) is 0 Å². The minimum Gasteiger partial charge on any atom is -0.339 e. The number of likely N-dealkylation sites (N-methyl/N-ethyl adjacent to an activating group) is 1. The van der Waals surface area contributed by atoms with Crippen LogP contribution in [0.2, 0.25) is 0 Å². The number of aryl methyl sites for hydroxylation is 1. The van der Waals surface area contributed by atoms with Gasteiger partial charge in [0, 0.05) is 25.6 Å². The van der Waals surface area contributed by atoms with Gasteiger partial charge in [-0.3, -0.25) is 9.69 Å². The molecule has 7 nitrogen and oxygen atoms in total. The van der Waals surface area contributed by atoms with Crippen LogP contribution in [-0.4, -0.2) is 52.0 Å². The van der Waals surface area contributed by atoms with Crippen molar-refractivity contribution >= 4 is 11.9 Å². The highest BCUT2D eigenvalue weighted by Crippen LogP contribution is 2.16. The van der Waals surface area contributed by atoms with E-state index in [1.807, 2.05) is 30.3 Å². The number of amides is 3. The summed E-state index contributed by atoms with van der Waals surface area (Å²) in [6.45, 7) is 0.516. The van der Waals surface area contributed by atoms with E-state index in [-0.39, 0.29) is 18.5 Å². The molecule has 0 aliphatic carbocycles. The molecule has 2 heterocycles. The zero-order chi connectivity index (χ0) is 15.5. The van der Waals surface area contributed by atoms with Crippen molar-refractivity contribution < 1.29 is 14.1 Å². The number of hydrogen-bond acceptors (Lipinski definition) is 5. The third-order valence-electron chi connectivity index (χ3n) is 3.50. The lowest BCUT2D eigenvalue weighted by molar-refractivity contribution is -0.125. The third-order valence-corrected chi connectivity index (χ3v) is 3.50. The SMILES string of the molecule is CN1CC(=O)N(CCCc2nc(-c3ccccc3)no2)C1=O. The number of aromatic nitrogens is 2. The molecule has 1 aliphatic heterocycles. The number of imide groups is 1. The molecule has 0 atom stereocenters. The van der Waals surface area contributed by atoms with Crippen LogP contribution in [0.3, 0.4) is 0 Å². The van der Waals surface area contributed by atoms with Gasteiger partial charge in [0.25, 0.3) is 0 Å². The maximum Gasteiger partial charge on any atom is 0.326 e. The Kier molecular flexibility index (Phi) is 3.86. The smallest absolute Gasteiger partial charge is 0.326 e. The Morgan fingerprint density at radius 2 is 2.00 bits per heavy atom. The largest absolute Gasteiger partial charge is 0.339 e. The van der Waals surface area contributed by atoms with Crippen LogP contribution in [0.25, 0.3) is 11.4 Å². The fourth-order valence-corrected chi connectivity index (χ4v) is 2.34. The lowest BCUT2D eigenvalue weighted by atomic mass is 10.2. The fraction of sp³-hybridized carbons (Fsp3) is 0.333.